The third-order valence-corrected chi connectivity index (χ3v) is 14.0. The second-order valence-corrected chi connectivity index (χ2v) is 18.5. The Hall–Kier alpha value is -6.29. The van der Waals surface area contributed by atoms with Crippen molar-refractivity contribution in [3.8, 4) is 17.6 Å². The van der Waals surface area contributed by atoms with E-state index in [9.17, 15) is 29.7 Å². The maximum absolute atomic E-state index is 15.0. The number of hydrogen-bond acceptors (Lipinski definition) is 11. The molecule has 11 heteroatoms. The molecule has 7 unspecified atom stereocenters. The predicted molar refractivity (Wildman–Crippen MR) is 251 cm³/mol. The summed E-state index contributed by atoms with van der Waals surface area (Å²) < 4.78 is 31.4. The van der Waals surface area contributed by atoms with Crippen molar-refractivity contribution in [1.82, 2.24) is 0 Å². The molecule has 0 saturated carbocycles. The molecule has 4 aromatic carbocycles. The predicted octanol–water partition coefficient (Wildman–Crippen LogP) is 8.20. The van der Waals surface area contributed by atoms with E-state index in [-0.39, 0.29) is 85.7 Å². The van der Waals surface area contributed by atoms with Crippen LogP contribution in [0.2, 0.25) is 0 Å². The van der Waals surface area contributed by atoms with E-state index >= 15 is 0 Å². The molecule has 5 aromatic rings. The highest BCUT2D eigenvalue weighted by atomic mass is 16.6. The number of allylic oxidation sites excluding steroid dienone is 2. The minimum Gasteiger partial charge on any atom is -0.482 e. The molecule has 11 nitrogen and oxygen atoms in total. The van der Waals surface area contributed by atoms with Gasteiger partial charge in [-0.3, -0.25) is 4.79 Å². The highest BCUT2D eigenvalue weighted by molar-refractivity contribution is 5.90. The number of aliphatic hydroxyl groups is 3. The van der Waals surface area contributed by atoms with Gasteiger partial charge in [0.05, 0.1) is 25.2 Å². The smallest absolute Gasteiger partial charge is 0.339 e. The number of carbonyl (C=O) groups excluding carboxylic acids is 2. The summed E-state index contributed by atoms with van der Waals surface area (Å²) in [5.74, 6) is 4.88. The lowest BCUT2D eigenvalue weighted by atomic mass is 9.71. The molecule has 7 atom stereocenters. The maximum Gasteiger partial charge on any atom is 0.339 e. The molecule has 9 rings (SSSR count). The van der Waals surface area contributed by atoms with Crippen LogP contribution in [-0.4, -0.2) is 65.6 Å². The topological polar surface area (TPSA) is 162 Å². The molecule has 5 bridgehead atoms. The monoisotopic (exact) mass is 904 g/mol. The van der Waals surface area contributed by atoms with Gasteiger partial charge in [-0.25, -0.2) is 9.59 Å². The molecule has 0 spiro atoms. The summed E-state index contributed by atoms with van der Waals surface area (Å²) in [6.45, 7) is 2.26. The van der Waals surface area contributed by atoms with E-state index in [1.807, 2.05) is 18.2 Å². The first-order valence-electron chi connectivity index (χ1n) is 23.2. The van der Waals surface area contributed by atoms with E-state index in [0.717, 1.165) is 28.7 Å². The number of aliphatic hydroxyl groups excluding tert-OH is 3. The van der Waals surface area contributed by atoms with Crippen molar-refractivity contribution in [3.63, 3.8) is 0 Å². The fourth-order valence-corrected chi connectivity index (χ4v) is 10.4. The van der Waals surface area contributed by atoms with Crippen LogP contribution < -0.4 is 10.4 Å². The Morgan fingerprint density at radius 1 is 0.896 bits per heavy atom. The average Bonchev–Trinajstić information content (AvgIpc) is 3.32. The lowest BCUT2D eigenvalue weighted by Gasteiger charge is -2.45. The van der Waals surface area contributed by atoms with E-state index in [4.69, 9.17) is 23.4 Å². The summed E-state index contributed by atoms with van der Waals surface area (Å²) >= 11 is 0. The molecule has 0 saturated heterocycles. The normalized spacial score (nSPS) is 24.7. The van der Waals surface area contributed by atoms with Crippen molar-refractivity contribution < 1.29 is 48.3 Å². The molecule has 346 valence electrons. The molecule has 67 heavy (non-hydrogen) atoms. The third kappa shape index (κ3) is 9.63. The Morgan fingerprint density at radius 2 is 1.73 bits per heavy atom. The lowest BCUT2D eigenvalue weighted by molar-refractivity contribution is -0.190. The summed E-state index contributed by atoms with van der Waals surface area (Å²) in [7, 11) is 0. The van der Waals surface area contributed by atoms with Crippen molar-refractivity contribution in [3.05, 3.63) is 169 Å². The maximum atomic E-state index is 15.0. The summed E-state index contributed by atoms with van der Waals surface area (Å²) in [6.07, 6.45) is 4.83. The van der Waals surface area contributed by atoms with Crippen LogP contribution in [0.15, 0.2) is 124 Å². The molecule has 1 aromatic heterocycles. The van der Waals surface area contributed by atoms with E-state index in [1.54, 1.807) is 32.0 Å². The second-order valence-electron chi connectivity index (χ2n) is 18.5. The first kappa shape index (κ1) is 45.8. The molecule has 4 heterocycles. The number of benzene rings is 4. The van der Waals surface area contributed by atoms with Crippen LogP contribution >= 0.6 is 0 Å². The fraction of sp³-hybridized carbons (Fsp3) is 0.375. The van der Waals surface area contributed by atoms with Crippen molar-refractivity contribution >= 4 is 22.9 Å². The van der Waals surface area contributed by atoms with Crippen LogP contribution in [0.25, 0.3) is 11.0 Å². The van der Waals surface area contributed by atoms with Crippen LogP contribution in [-0.2, 0) is 43.1 Å². The van der Waals surface area contributed by atoms with Gasteiger partial charge in [0.1, 0.15) is 18.1 Å². The van der Waals surface area contributed by atoms with Crippen LogP contribution in [0.4, 0.5) is 0 Å². The van der Waals surface area contributed by atoms with E-state index in [1.165, 1.54) is 11.1 Å². The highest BCUT2D eigenvalue weighted by Gasteiger charge is 2.53. The molecular weight excluding hydrogens is 849 g/mol. The van der Waals surface area contributed by atoms with Crippen LogP contribution in [0.5, 0.6) is 5.75 Å². The van der Waals surface area contributed by atoms with Gasteiger partial charge in [-0.05, 0) is 109 Å². The van der Waals surface area contributed by atoms with Gasteiger partial charge < -0.3 is 38.7 Å². The summed E-state index contributed by atoms with van der Waals surface area (Å²) in [6, 6.07) is 30.5. The van der Waals surface area contributed by atoms with Gasteiger partial charge in [-0.2, -0.15) is 0 Å². The fourth-order valence-electron chi connectivity index (χ4n) is 10.4. The number of esters is 2. The zero-order chi connectivity index (χ0) is 46.7. The van der Waals surface area contributed by atoms with Gasteiger partial charge in [-0.1, -0.05) is 96.8 Å². The minimum atomic E-state index is -1.37. The van der Waals surface area contributed by atoms with Gasteiger partial charge in [-0.15, -0.1) is 0 Å². The van der Waals surface area contributed by atoms with Crippen LogP contribution in [0.1, 0.15) is 114 Å². The SMILES string of the molecule is CC(CO)=C1CCc2ccc3c(c2)CC#CCC2(C)Oc4ccc5cc(C(CCO)COCO)c(=O)oc5c4C(OC(=O)CC4CC(c5cccc(Cc6ccccc6)c5)C=CC34)C2OC1=O. The number of fused-ring (bicyclic) bond motifs is 9. The lowest BCUT2D eigenvalue weighted by Crippen LogP contribution is -2.54. The third-order valence-electron chi connectivity index (χ3n) is 14.0. The highest BCUT2D eigenvalue weighted by Crippen LogP contribution is 2.50. The first-order chi connectivity index (χ1) is 32.5. The van der Waals surface area contributed by atoms with Crippen molar-refractivity contribution in [1.29, 1.82) is 0 Å². The average molecular weight is 905 g/mol. The summed E-state index contributed by atoms with van der Waals surface area (Å²) in [4.78, 5) is 43.5. The molecule has 4 aliphatic rings. The van der Waals surface area contributed by atoms with Gasteiger partial charge in [0.2, 0.25) is 0 Å². The summed E-state index contributed by atoms with van der Waals surface area (Å²) in [5, 5.41) is 30.1. The molecule has 0 fully saturated rings. The first-order valence-corrected chi connectivity index (χ1v) is 23.2. The molecular formula is C56H56O11. The molecule has 0 radical (unpaired) electrons. The number of ether oxygens (including phenoxy) is 4. The van der Waals surface area contributed by atoms with Crippen LogP contribution in [0, 0.1) is 17.8 Å². The standard InChI is InChI=1S/C56H56O11/c1-34(31-58)44-18-14-36-15-19-45-40(26-36)12-6-7-23-56(2)53(66-54(44)61)52(50-48(67-56)21-17-41-29-47(55(62)65-51(41)50)42(22-24-57)32-63-33-59)64-49(60)30-43-28-39(16-20-46(43)45)38-13-8-11-37(27-38)25-35-9-4-3-5-10-35/h3-5,8-11,13,15-17,19-21,26-27,29,39,42-43,46,52-53,57-59H,12,14,18,22-25,28,30-33H2,1-2H3. The molecule has 3 N–H and O–H groups in total. The van der Waals surface area contributed by atoms with E-state index in [2.05, 4.69) is 78.6 Å². The zero-order valence-corrected chi connectivity index (χ0v) is 37.9. The van der Waals surface area contributed by atoms with E-state index < -0.39 is 48.1 Å². The Balaban J connectivity index is 1.19. The van der Waals surface area contributed by atoms with Crippen molar-refractivity contribution in [2.75, 3.05) is 26.6 Å². The molecule has 1 aliphatic carbocycles. The van der Waals surface area contributed by atoms with Gasteiger partial charge in [0.15, 0.2) is 17.8 Å². The molecule has 3 aliphatic heterocycles. The Labute approximate surface area is 390 Å². The zero-order valence-electron chi connectivity index (χ0n) is 37.9. The Kier molecular flexibility index (Phi) is 13.6. The van der Waals surface area contributed by atoms with Gasteiger partial charge in [0, 0.05) is 53.7 Å². The largest absolute Gasteiger partial charge is 0.482 e. The van der Waals surface area contributed by atoms with Gasteiger partial charge in [0.25, 0.3) is 0 Å². The second kappa shape index (κ2) is 19.9. The van der Waals surface area contributed by atoms with Crippen LogP contribution in [0.3, 0.4) is 0 Å². The molecule has 0 amide bonds. The number of hydrogen-bond donors (Lipinski definition) is 3. The van der Waals surface area contributed by atoms with Gasteiger partial charge >= 0.3 is 17.6 Å². The number of rotatable bonds is 10. The number of carbonyl (C=O) groups is 2. The van der Waals surface area contributed by atoms with Crippen molar-refractivity contribution in [2.24, 2.45) is 5.92 Å². The quantitative estimate of drug-likeness (QED) is 0.0310. The summed E-state index contributed by atoms with van der Waals surface area (Å²) in [5.41, 5.74) is 5.92. The Morgan fingerprint density at radius 3 is 2.54 bits per heavy atom. The minimum absolute atomic E-state index is 0.0161. The Bertz CT molecular complexity index is 2850. The number of aryl methyl sites for hydroxylation is 1. The van der Waals surface area contributed by atoms with Crippen molar-refractivity contribution in [2.45, 2.75) is 101 Å². The van der Waals surface area contributed by atoms with E-state index in [0.29, 0.717) is 35.8 Å².